The van der Waals surface area contributed by atoms with Gasteiger partial charge in [-0.2, -0.15) is 0 Å². The van der Waals surface area contributed by atoms with Crippen LogP contribution in [0.5, 0.6) is 11.5 Å². The number of thiazole rings is 1. The van der Waals surface area contributed by atoms with Crippen molar-refractivity contribution >= 4 is 34.0 Å². The first-order valence-electron chi connectivity index (χ1n) is 15.2. The molecule has 6 aromatic rings. The van der Waals surface area contributed by atoms with Gasteiger partial charge in [0.05, 0.1) is 37.0 Å². The van der Waals surface area contributed by atoms with E-state index >= 15 is 0 Å². The fourth-order valence-corrected chi connectivity index (χ4v) is 7.81. The van der Waals surface area contributed by atoms with E-state index in [-0.39, 0.29) is 17.4 Å². The van der Waals surface area contributed by atoms with Crippen LogP contribution < -0.4 is 24.4 Å². The molecule has 1 atom stereocenters. The highest BCUT2D eigenvalue weighted by Crippen LogP contribution is 2.42. The number of allylic oxidation sites excluding steroid dienone is 1. The van der Waals surface area contributed by atoms with Crippen molar-refractivity contribution in [1.29, 1.82) is 0 Å². The number of aromatic nitrogens is 2. The minimum Gasteiger partial charge on any atom is -0.493 e. The normalized spacial score (nSPS) is 15.7. The molecular formula is C38H30FN3O3S. The average Bonchev–Trinajstić information content (AvgIpc) is 3.60. The summed E-state index contributed by atoms with van der Waals surface area (Å²) in [6, 6.07) is 28.8. The largest absolute Gasteiger partial charge is 0.493 e. The maximum Gasteiger partial charge on any atom is 0.271 e. The molecule has 2 aliphatic rings. The van der Waals surface area contributed by atoms with Crippen LogP contribution in [0.15, 0.2) is 113 Å². The van der Waals surface area contributed by atoms with Gasteiger partial charge in [0, 0.05) is 33.8 Å². The molecule has 2 aromatic heterocycles. The van der Waals surface area contributed by atoms with Crippen LogP contribution >= 0.6 is 11.3 Å². The third-order valence-corrected chi connectivity index (χ3v) is 9.98. The molecule has 0 amide bonds. The van der Waals surface area contributed by atoms with Gasteiger partial charge < -0.3 is 14.0 Å². The van der Waals surface area contributed by atoms with Crippen LogP contribution in [-0.4, -0.2) is 23.4 Å². The summed E-state index contributed by atoms with van der Waals surface area (Å²) in [5, 5.41) is 0.995. The number of ether oxygens (including phenoxy) is 2. The molecule has 228 valence electrons. The molecule has 46 heavy (non-hydrogen) atoms. The number of rotatable bonds is 6. The monoisotopic (exact) mass is 627 g/mol. The summed E-state index contributed by atoms with van der Waals surface area (Å²) in [6.45, 7) is 0.383. The van der Waals surface area contributed by atoms with Crippen molar-refractivity contribution in [3.63, 3.8) is 0 Å². The van der Waals surface area contributed by atoms with E-state index in [9.17, 15) is 9.18 Å². The van der Waals surface area contributed by atoms with E-state index < -0.39 is 0 Å². The lowest BCUT2D eigenvalue weighted by molar-refractivity contribution is 0.354. The molecule has 0 N–H and O–H groups in total. The Hall–Kier alpha value is -5.21. The molecule has 0 radical (unpaired) electrons. The predicted molar refractivity (Wildman–Crippen MR) is 180 cm³/mol. The van der Waals surface area contributed by atoms with Gasteiger partial charge in [0.15, 0.2) is 16.3 Å². The molecule has 6 nitrogen and oxygen atoms in total. The van der Waals surface area contributed by atoms with Gasteiger partial charge in [-0.3, -0.25) is 9.36 Å². The summed E-state index contributed by atoms with van der Waals surface area (Å²) in [6.07, 6.45) is 5.62. The lowest BCUT2D eigenvalue weighted by Gasteiger charge is -2.31. The number of methoxy groups -OCH3 is 2. The summed E-state index contributed by atoms with van der Waals surface area (Å²) in [7, 11) is 3.24. The van der Waals surface area contributed by atoms with Gasteiger partial charge in [-0.05, 0) is 59.9 Å². The van der Waals surface area contributed by atoms with Gasteiger partial charge in [0.2, 0.25) is 0 Å². The van der Waals surface area contributed by atoms with E-state index in [0.29, 0.717) is 32.9 Å². The summed E-state index contributed by atoms with van der Waals surface area (Å²) in [4.78, 5) is 20.2. The molecule has 4 aromatic carbocycles. The Labute approximate surface area is 268 Å². The number of nitrogens with zero attached hydrogens (tertiary/aromatic N) is 3. The number of fused-ring (bicyclic) bond motifs is 4. The highest BCUT2D eigenvalue weighted by molar-refractivity contribution is 7.07. The van der Waals surface area contributed by atoms with Gasteiger partial charge in [-0.15, -0.1) is 0 Å². The number of benzene rings is 4. The van der Waals surface area contributed by atoms with Crippen molar-refractivity contribution in [2.75, 3.05) is 14.2 Å². The maximum atomic E-state index is 14.6. The molecule has 0 fully saturated rings. The molecule has 8 heteroatoms. The number of hydrogen-bond donors (Lipinski definition) is 0. The Balaban J connectivity index is 1.33. The number of halogens is 1. The Morgan fingerprint density at radius 3 is 2.57 bits per heavy atom. The van der Waals surface area contributed by atoms with Crippen LogP contribution in [-0.2, 0) is 13.0 Å². The second kappa shape index (κ2) is 11.3. The zero-order valence-electron chi connectivity index (χ0n) is 25.4. The molecule has 8 rings (SSSR count). The number of para-hydroxylation sites is 1. The Morgan fingerprint density at radius 2 is 1.72 bits per heavy atom. The van der Waals surface area contributed by atoms with Crippen LogP contribution in [0.4, 0.5) is 4.39 Å². The molecular weight excluding hydrogens is 598 g/mol. The van der Waals surface area contributed by atoms with Gasteiger partial charge in [0.1, 0.15) is 5.82 Å². The first-order valence-corrected chi connectivity index (χ1v) is 16.0. The van der Waals surface area contributed by atoms with Crippen LogP contribution in [0.2, 0.25) is 0 Å². The zero-order chi connectivity index (χ0) is 31.4. The minimum absolute atomic E-state index is 0.0973. The van der Waals surface area contributed by atoms with Crippen LogP contribution in [0.1, 0.15) is 40.3 Å². The molecule has 0 bridgehead atoms. The van der Waals surface area contributed by atoms with Crippen molar-refractivity contribution in [3.8, 4) is 11.5 Å². The SMILES string of the molecule is COc1ccc(C2C3=C(N=c4s/c(=C\c5cn(Cc6ccccc6F)c6ccccc56)c(=O)n42)c2ccccc2CC3)cc1OC. The fourth-order valence-electron chi connectivity index (χ4n) is 6.82. The van der Waals surface area contributed by atoms with E-state index in [0.717, 1.165) is 51.7 Å². The van der Waals surface area contributed by atoms with Gasteiger partial charge in [-0.25, -0.2) is 9.38 Å². The minimum atomic E-state index is -0.344. The van der Waals surface area contributed by atoms with Crippen molar-refractivity contribution < 1.29 is 13.9 Å². The van der Waals surface area contributed by atoms with E-state index in [4.69, 9.17) is 14.5 Å². The molecule has 1 aliphatic carbocycles. The van der Waals surface area contributed by atoms with Gasteiger partial charge >= 0.3 is 0 Å². The number of hydrogen-bond acceptors (Lipinski definition) is 5. The zero-order valence-corrected chi connectivity index (χ0v) is 26.2. The lowest BCUT2D eigenvalue weighted by Crippen LogP contribution is -2.38. The van der Waals surface area contributed by atoms with Crippen molar-refractivity contribution in [2.24, 2.45) is 4.99 Å². The molecule has 0 spiro atoms. The second-order valence-corrected chi connectivity index (χ2v) is 12.6. The third kappa shape index (κ3) is 4.60. The molecule has 1 aliphatic heterocycles. The van der Waals surface area contributed by atoms with Crippen LogP contribution in [0, 0.1) is 5.82 Å². The Morgan fingerprint density at radius 1 is 0.935 bits per heavy atom. The van der Waals surface area contributed by atoms with E-state index in [1.54, 1.807) is 26.4 Å². The summed E-state index contributed by atoms with van der Waals surface area (Å²) < 4.78 is 30.3. The number of aryl methyl sites for hydroxylation is 1. The Bertz CT molecular complexity index is 2380. The van der Waals surface area contributed by atoms with Crippen molar-refractivity contribution in [2.45, 2.75) is 25.4 Å². The average molecular weight is 628 g/mol. The first kappa shape index (κ1) is 28.3. The van der Waals surface area contributed by atoms with Crippen LogP contribution in [0.3, 0.4) is 0 Å². The summed E-state index contributed by atoms with van der Waals surface area (Å²) in [5.41, 5.74) is 7.75. The molecule has 1 unspecified atom stereocenters. The van der Waals surface area contributed by atoms with Crippen LogP contribution in [0.25, 0.3) is 22.7 Å². The topological polar surface area (TPSA) is 57.8 Å². The van der Waals surface area contributed by atoms with Gasteiger partial charge in [-0.1, -0.05) is 78.1 Å². The van der Waals surface area contributed by atoms with Crippen molar-refractivity contribution in [3.05, 3.63) is 156 Å². The Kier molecular flexibility index (Phi) is 6.95. The molecule has 3 heterocycles. The summed E-state index contributed by atoms with van der Waals surface area (Å²) >= 11 is 1.40. The second-order valence-electron chi connectivity index (χ2n) is 11.5. The van der Waals surface area contributed by atoms with Crippen molar-refractivity contribution in [1.82, 2.24) is 9.13 Å². The van der Waals surface area contributed by atoms with Gasteiger partial charge in [0.25, 0.3) is 5.56 Å². The third-order valence-electron chi connectivity index (χ3n) is 9.00. The van der Waals surface area contributed by atoms with E-state index in [2.05, 4.69) is 18.2 Å². The quantitative estimate of drug-likeness (QED) is 0.213. The smallest absolute Gasteiger partial charge is 0.271 e. The maximum absolute atomic E-state index is 14.6. The molecule has 0 saturated heterocycles. The molecule has 0 saturated carbocycles. The summed E-state index contributed by atoms with van der Waals surface area (Å²) in [5.74, 6) is 1.00. The van der Waals surface area contributed by atoms with E-state index in [1.807, 2.05) is 76.0 Å². The standard InChI is InChI=1S/C38H30FN3O3S/c1-44-32-18-16-24(19-33(32)45-2)36-29-17-15-23-9-3-5-12-28(23)35(29)40-38-42(36)37(43)34(46-38)20-26-22-41(31-14-8-6-11-27(26)31)21-25-10-4-7-13-30(25)39/h3-14,16,18-20,22,36H,15,17,21H2,1-2H3/b34-20-. The highest BCUT2D eigenvalue weighted by Gasteiger charge is 2.33. The fraction of sp³-hybridized carbons (Fsp3) is 0.158. The predicted octanol–water partition coefficient (Wildman–Crippen LogP) is 6.48. The first-order chi connectivity index (χ1) is 22.5. The van der Waals surface area contributed by atoms with E-state index in [1.165, 1.54) is 23.0 Å². The lowest BCUT2D eigenvalue weighted by atomic mass is 9.83. The highest BCUT2D eigenvalue weighted by atomic mass is 32.1.